The predicted molar refractivity (Wildman–Crippen MR) is 82.2 cm³/mol. The van der Waals surface area contributed by atoms with E-state index >= 15 is 0 Å². The van der Waals surface area contributed by atoms with Gasteiger partial charge < -0.3 is 25.0 Å². The van der Waals surface area contributed by atoms with Crippen molar-refractivity contribution in [3.8, 4) is 0 Å². The van der Waals surface area contributed by atoms with Crippen molar-refractivity contribution in [2.75, 3.05) is 39.3 Å². The monoisotopic (exact) mass is 365 g/mol. The summed E-state index contributed by atoms with van der Waals surface area (Å²) in [7, 11) is 0. The summed E-state index contributed by atoms with van der Waals surface area (Å²) in [5.41, 5.74) is 0. The van der Waals surface area contributed by atoms with Crippen LogP contribution in [0.25, 0.3) is 0 Å². The number of rotatable bonds is 4. The number of carbonyl (C=O) groups excluding carboxylic acids is 2. The van der Waals surface area contributed by atoms with E-state index in [4.69, 9.17) is 9.90 Å². The Morgan fingerprint density at radius 2 is 1.68 bits per heavy atom. The molecular formula is C16H26F3N3O3. The first-order valence-corrected chi connectivity index (χ1v) is 8.86. The maximum absolute atomic E-state index is 11.9. The molecule has 2 bridgehead atoms. The smallest absolute Gasteiger partial charge is 0.430 e. The highest BCUT2D eigenvalue weighted by molar-refractivity contribution is 5.81. The molecule has 4 heterocycles. The number of nitrogens with zero attached hydrogens (tertiary/aromatic N) is 1. The van der Waals surface area contributed by atoms with Gasteiger partial charge in [0, 0.05) is 0 Å². The summed E-state index contributed by atoms with van der Waals surface area (Å²) >= 11 is 0. The van der Waals surface area contributed by atoms with Crippen LogP contribution < -0.4 is 15.7 Å². The van der Waals surface area contributed by atoms with Gasteiger partial charge in [0.05, 0.1) is 38.8 Å². The van der Waals surface area contributed by atoms with Gasteiger partial charge in [0.15, 0.2) is 0 Å². The topological polar surface area (TPSA) is 81.3 Å². The van der Waals surface area contributed by atoms with Crippen molar-refractivity contribution in [2.45, 2.75) is 44.3 Å². The van der Waals surface area contributed by atoms with Gasteiger partial charge in [0.2, 0.25) is 5.91 Å². The van der Waals surface area contributed by atoms with E-state index < -0.39 is 12.1 Å². The normalized spacial score (nSPS) is 31.2. The fourth-order valence-corrected chi connectivity index (χ4v) is 3.92. The number of alkyl halides is 3. The average molecular weight is 365 g/mol. The molecule has 1 atom stereocenters. The fraction of sp³-hybridized carbons (Fsp3) is 0.875. The number of piperidine rings is 3. The summed E-state index contributed by atoms with van der Waals surface area (Å²) in [4.78, 5) is 20.7. The quantitative estimate of drug-likeness (QED) is 0.676. The number of amides is 1. The number of nitrogens with one attached hydrogen (secondary N) is 2. The van der Waals surface area contributed by atoms with Crippen LogP contribution in [-0.4, -0.2) is 67.8 Å². The Kier molecular flexibility index (Phi) is 6.67. The van der Waals surface area contributed by atoms with Gasteiger partial charge >= 0.3 is 6.18 Å². The minimum absolute atomic E-state index is 0.0806. The molecule has 0 unspecified atom stereocenters. The lowest BCUT2D eigenvalue weighted by molar-refractivity contribution is -0.941. The number of carboxylic acid groups (broad SMARTS) is 1. The van der Waals surface area contributed by atoms with Crippen LogP contribution >= 0.6 is 0 Å². The molecule has 0 saturated carbocycles. The number of carboxylic acids is 1. The van der Waals surface area contributed by atoms with E-state index in [0.29, 0.717) is 0 Å². The van der Waals surface area contributed by atoms with Gasteiger partial charge in [-0.2, -0.15) is 13.2 Å². The first-order valence-electron chi connectivity index (χ1n) is 8.86. The SMILES string of the molecule is O=C(NCC[N+]12CCC(CC1)CC2)[C@@H]1CCCN1.O=C([O-])C(F)(F)F. The zero-order valence-corrected chi connectivity index (χ0v) is 14.2. The maximum Gasteiger partial charge on any atom is 0.430 e. The van der Waals surface area contributed by atoms with Crippen molar-refractivity contribution >= 4 is 11.9 Å². The van der Waals surface area contributed by atoms with E-state index in [9.17, 15) is 18.0 Å². The van der Waals surface area contributed by atoms with Crippen LogP contribution in [0, 0.1) is 5.92 Å². The Hall–Kier alpha value is -1.35. The molecule has 144 valence electrons. The molecule has 0 aliphatic carbocycles. The number of hydrogen-bond acceptors (Lipinski definition) is 4. The Bertz CT molecular complexity index is 457. The lowest BCUT2D eigenvalue weighted by Gasteiger charge is -2.49. The summed E-state index contributed by atoms with van der Waals surface area (Å²) < 4.78 is 32.8. The number of quaternary nitrogens is 1. The van der Waals surface area contributed by atoms with Gasteiger partial charge in [-0.05, 0) is 44.6 Å². The molecule has 2 N–H and O–H groups in total. The molecule has 4 aliphatic rings. The Balaban J connectivity index is 0.000000277. The van der Waals surface area contributed by atoms with Gasteiger partial charge in [-0.3, -0.25) is 4.79 Å². The second-order valence-corrected chi connectivity index (χ2v) is 7.19. The molecule has 1 amide bonds. The lowest BCUT2D eigenvalue weighted by atomic mass is 9.86. The van der Waals surface area contributed by atoms with E-state index in [2.05, 4.69) is 10.6 Å². The van der Waals surface area contributed by atoms with Crippen molar-refractivity contribution in [1.29, 1.82) is 0 Å². The molecular weight excluding hydrogens is 339 g/mol. The molecule has 6 nitrogen and oxygen atoms in total. The third-order valence-corrected chi connectivity index (χ3v) is 5.53. The highest BCUT2D eigenvalue weighted by Crippen LogP contribution is 2.32. The summed E-state index contributed by atoms with van der Waals surface area (Å²) in [5.74, 6) is -1.77. The summed E-state index contributed by atoms with van der Waals surface area (Å²) in [6, 6.07) is 0.0806. The van der Waals surface area contributed by atoms with Crippen LogP contribution in [0.15, 0.2) is 0 Å². The minimum Gasteiger partial charge on any atom is -0.542 e. The molecule has 4 fully saturated rings. The van der Waals surface area contributed by atoms with Gasteiger partial charge in [0.1, 0.15) is 5.97 Å². The van der Waals surface area contributed by atoms with Gasteiger partial charge in [-0.1, -0.05) is 0 Å². The van der Waals surface area contributed by atoms with Gasteiger partial charge in [0.25, 0.3) is 0 Å². The van der Waals surface area contributed by atoms with Crippen LogP contribution in [-0.2, 0) is 9.59 Å². The standard InChI is InChI=1S/C14H25N3O.C2HF3O2/c18-14(13-2-1-6-15-13)16-7-11-17-8-3-12(4-9-17)5-10-17;3-2(4,5)1(6)7/h12-13,15H,1-11H2;(H,6,7)/t12?,13-,17?;/m0./s1. The number of aliphatic carboxylic acids is 1. The highest BCUT2D eigenvalue weighted by atomic mass is 19.4. The van der Waals surface area contributed by atoms with Crippen LogP contribution in [0.3, 0.4) is 0 Å². The first kappa shape index (κ1) is 20.0. The predicted octanol–water partition coefficient (Wildman–Crippen LogP) is -0.216. The second kappa shape index (κ2) is 8.35. The summed E-state index contributed by atoms with van der Waals surface area (Å²) in [6.45, 7) is 7.05. The van der Waals surface area contributed by atoms with Crippen molar-refractivity contribution in [1.82, 2.24) is 10.6 Å². The summed E-state index contributed by atoms with van der Waals surface area (Å²) in [5, 5.41) is 15.2. The molecule has 25 heavy (non-hydrogen) atoms. The molecule has 4 aliphatic heterocycles. The average Bonchev–Trinajstić information content (AvgIpc) is 3.10. The highest BCUT2D eigenvalue weighted by Gasteiger charge is 2.39. The van der Waals surface area contributed by atoms with E-state index in [0.717, 1.165) is 38.4 Å². The third-order valence-electron chi connectivity index (χ3n) is 5.53. The molecule has 9 heteroatoms. The van der Waals surface area contributed by atoms with Crippen LogP contribution in [0.1, 0.15) is 32.1 Å². The molecule has 0 spiro atoms. The van der Waals surface area contributed by atoms with Crippen molar-refractivity contribution in [3.63, 3.8) is 0 Å². The van der Waals surface area contributed by atoms with Gasteiger partial charge in [-0.15, -0.1) is 0 Å². The Morgan fingerprint density at radius 3 is 2.12 bits per heavy atom. The number of carbonyl (C=O) groups is 2. The number of halogens is 3. The molecule has 0 aromatic heterocycles. The van der Waals surface area contributed by atoms with Crippen LogP contribution in [0.4, 0.5) is 13.2 Å². The van der Waals surface area contributed by atoms with Crippen molar-refractivity contribution in [3.05, 3.63) is 0 Å². The number of fused-ring (bicyclic) bond motifs is 3. The Labute approximate surface area is 145 Å². The zero-order valence-electron chi connectivity index (χ0n) is 14.2. The minimum atomic E-state index is -5.19. The molecule has 4 rings (SSSR count). The molecule has 0 aromatic carbocycles. The van der Waals surface area contributed by atoms with E-state index in [-0.39, 0.29) is 11.9 Å². The lowest BCUT2D eigenvalue weighted by Crippen LogP contribution is -2.60. The van der Waals surface area contributed by atoms with Crippen molar-refractivity contribution < 1.29 is 32.3 Å². The van der Waals surface area contributed by atoms with E-state index in [1.807, 2.05) is 0 Å². The van der Waals surface area contributed by atoms with Crippen LogP contribution in [0.5, 0.6) is 0 Å². The maximum atomic E-state index is 11.9. The van der Waals surface area contributed by atoms with Gasteiger partial charge in [-0.25, -0.2) is 0 Å². The van der Waals surface area contributed by atoms with Crippen LogP contribution in [0.2, 0.25) is 0 Å². The first-order chi connectivity index (χ1) is 11.7. The second-order valence-electron chi connectivity index (χ2n) is 7.19. The molecule has 4 saturated heterocycles. The molecule has 0 radical (unpaired) electrons. The number of hydrogen-bond donors (Lipinski definition) is 2. The van der Waals surface area contributed by atoms with E-state index in [1.165, 1.54) is 43.4 Å². The molecule has 0 aromatic rings. The van der Waals surface area contributed by atoms with E-state index in [1.54, 1.807) is 0 Å². The van der Waals surface area contributed by atoms with Crippen molar-refractivity contribution in [2.24, 2.45) is 5.92 Å². The fourth-order valence-electron chi connectivity index (χ4n) is 3.92. The Morgan fingerprint density at radius 1 is 1.12 bits per heavy atom. The largest absolute Gasteiger partial charge is 0.542 e. The zero-order chi connectivity index (χ0) is 18.5. The third kappa shape index (κ3) is 5.85. The summed E-state index contributed by atoms with van der Waals surface area (Å²) in [6.07, 6.45) is 1.20.